The Balaban J connectivity index is 1.59. The Kier molecular flexibility index (Phi) is 12.8. The first-order valence-electron chi connectivity index (χ1n) is 15.9. The zero-order valence-electron chi connectivity index (χ0n) is 27.8. The zero-order valence-corrected chi connectivity index (χ0v) is 27.8. The van der Waals surface area contributed by atoms with Crippen molar-refractivity contribution in [1.29, 1.82) is 0 Å². The molecule has 0 radical (unpaired) electrons. The summed E-state index contributed by atoms with van der Waals surface area (Å²) in [6.07, 6.45) is 0.393. The van der Waals surface area contributed by atoms with Gasteiger partial charge in [-0.25, -0.2) is 14.4 Å². The predicted molar refractivity (Wildman–Crippen MR) is 168 cm³/mol. The van der Waals surface area contributed by atoms with Gasteiger partial charge in [0.15, 0.2) is 0 Å². The smallest absolute Gasteiger partial charge is 0.408 e. The van der Waals surface area contributed by atoms with E-state index in [1.165, 1.54) is 12.0 Å². The van der Waals surface area contributed by atoms with Crippen molar-refractivity contribution in [2.45, 2.75) is 97.1 Å². The summed E-state index contributed by atoms with van der Waals surface area (Å²) in [6.45, 7) is 9.85. The molecule has 4 amide bonds. The van der Waals surface area contributed by atoms with Gasteiger partial charge in [-0.3, -0.25) is 9.59 Å². The topological polar surface area (TPSA) is 173 Å². The molecule has 46 heavy (non-hydrogen) atoms. The highest BCUT2D eigenvalue weighted by Crippen LogP contribution is 2.65. The number of esters is 1. The summed E-state index contributed by atoms with van der Waals surface area (Å²) in [5, 5.41) is 17.5. The van der Waals surface area contributed by atoms with Crippen molar-refractivity contribution in [2.75, 3.05) is 26.8 Å². The molecule has 1 aliphatic carbocycles. The standard InChI is InChI=1S/C33H50N4O9/c1-32(2,3)46-31(43)36-23(16-12-18-38)28(40)37-19-22-25(33(22,4)5)26(37)27(39)35-24(29(41)44-6)15-10-11-17-34-30(42)45-20-21-13-8-7-9-14-21/h7-9,13-14,22-26,38H,10-12,15-20H2,1-6H3,(H,34,42)(H,35,39)(H,36,43)/t22-,23-,24?,25-,26-/m0/s1. The van der Waals surface area contributed by atoms with E-state index < -0.39 is 53.7 Å². The third-order valence-electron chi connectivity index (χ3n) is 8.60. The summed E-state index contributed by atoms with van der Waals surface area (Å²) in [7, 11) is 1.24. The lowest BCUT2D eigenvalue weighted by Crippen LogP contribution is -2.57. The maximum Gasteiger partial charge on any atom is 0.408 e. The molecule has 13 heteroatoms. The molecule has 2 aliphatic rings. The number of rotatable bonds is 15. The number of methoxy groups -OCH3 is 1. The van der Waals surface area contributed by atoms with Gasteiger partial charge in [-0.1, -0.05) is 44.2 Å². The molecule has 0 spiro atoms. The van der Waals surface area contributed by atoms with Gasteiger partial charge in [-0.05, 0) is 75.7 Å². The number of nitrogens with one attached hydrogen (secondary N) is 3. The van der Waals surface area contributed by atoms with Gasteiger partial charge >= 0.3 is 18.2 Å². The molecule has 1 aromatic carbocycles. The monoisotopic (exact) mass is 646 g/mol. The summed E-state index contributed by atoms with van der Waals surface area (Å²) >= 11 is 0. The lowest BCUT2D eigenvalue weighted by atomic mass is 9.98. The van der Waals surface area contributed by atoms with Crippen molar-refractivity contribution < 1.29 is 43.3 Å². The van der Waals surface area contributed by atoms with Crippen LogP contribution in [0.15, 0.2) is 30.3 Å². The van der Waals surface area contributed by atoms with E-state index in [0.717, 1.165) is 5.56 Å². The first-order chi connectivity index (χ1) is 21.7. The molecule has 1 heterocycles. The number of aliphatic hydroxyl groups excluding tert-OH is 1. The molecular formula is C33H50N4O9. The molecular weight excluding hydrogens is 596 g/mol. The van der Waals surface area contributed by atoms with Crippen LogP contribution >= 0.6 is 0 Å². The summed E-state index contributed by atoms with van der Waals surface area (Å²) < 4.78 is 15.5. The zero-order chi connectivity index (χ0) is 34.1. The molecule has 1 aromatic rings. The number of ether oxygens (including phenoxy) is 3. The first kappa shape index (κ1) is 36.6. The average molecular weight is 647 g/mol. The van der Waals surface area contributed by atoms with E-state index in [-0.39, 0.29) is 49.7 Å². The van der Waals surface area contributed by atoms with Crippen LogP contribution in [-0.2, 0) is 35.2 Å². The summed E-state index contributed by atoms with van der Waals surface area (Å²) in [5.41, 5.74) is -0.0849. The molecule has 13 nitrogen and oxygen atoms in total. The number of unbranched alkanes of at least 4 members (excludes halogenated alkanes) is 1. The molecule has 0 bridgehead atoms. The van der Waals surface area contributed by atoms with Gasteiger partial charge < -0.3 is 40.2 Å². The maximum absolute atomic E-state index is 13.8. The Morgan fingerprint density at radius 2 is 1.65 bits per heavy atom. The highest BCUT2D eigenvalue weighted by atomic mass is 16.6. The first-order valence-corrected chi connectivity index (χ1v) is 15.9. The number of alkyl carbamates (subject to hydrolysis) is 2. The average Bonchev–Trinajstić information content (AvgIpc) is 3.31. The lowest BCUT2D eigenvalue weighted by Gasteiger charge is -2.34. The predicted octanol–water partition coefficient (Wildman–Crippen LogP) is 2.89. The Labute approximate surface area is 271 Å². The third-order valence-corrected chi connectivity index (χ3v) is 8.60. The van der Waals surface area contributed by atoms with Gasteiger partial charge in [0.1, 0.15) is 30.3 Å². The summed E-state index contributed by atoms with van der Waals surface area (Å²) in [6, 6.07) is 6.51. The second-order valence-corrected chi connectivity index (χ2v) is 13.5. The molecule has 1 saturated carbocycles. The van der Waals surface area contributed by atoms with E-state index in [4.69, 9.17) is 14.2 Å². The van der Waals surface area contributed by atoms with Crippen LogP contribution in [0.3, 0.4) is 0 Å². The highest BCUT2D eigenvalue weighted by molar-refractivity contribution is 5.94. The number of hydrogen-bond acceptors (Lipinski definition) is 9. The Hall–Kier alpha value is -3.87. The molecule has 1 unspecified atom stereocenters. The van der Waals surface area contributed by atoms with Crippen LogP contribution in [0.1, 0.15) is 72.3 Å². The summed E-state index contributed by atoms with van der Waals surface area (Å²) in [4.78, 5) is 66.3. The Morgan fingerprint density at radius 3 is 2.28 bits per heavy atom. The number of benzene rings is 1. The van der Waals surface area contributed by atoms with Gasteiger partial charge in [-0.15, -0.1) is 0 Å². The minimum atomic E-state index is -0.999. The number of fused-ring (bicyclic) bond motifs is 1. The van der Waals surface area contributed by atoms with Gasteiger partial charge in [0.25, 0.3) is 0 Å². The number of aliphatic hydroxyl groups is 1. The fourth-order valence-corrected chi connectivity index (χ4v) is 6.10. The number of hydrogen-bond donors (Lipinski definition) is 4. The summed E-state index contributed by atoms with van der Waals surface area (Å²) in [5.74, 6) is -1.57. The van der Waals surface area contributed by atoms with E-state index >= 15 is 0 Å². The second-order valence-electron chi connectivity index (χ2n) is 13.5. The van der Waals surface area contributed by atoms with Crippen LogP contribution < -0.4 is 16.0 Å². The molecule has 4 N–H and O–H groups in total. The van der Waals surface area contributed by atoms with E-state index in [2.05, 4.69) is 16.0 Å². The Morgan fingerprint density at radius 1 is 0.978 bits per heavy atom. The van der Waals surface area contributed by atoms with Crippen LogP contribution in [0.25, 0.3) is 0 Å². The van der Waals surface area contributed by atoms with Crippen molar-refractivity contribution in [3.63, 3.8) is 0 Å². The fourth-order valence-electron chi connectivity index (χ4n) is 6.10. The number of amides is 4. The second kappa shape index (κ2) is 16.1. The van der Waals surface area contributed by atoms with Crippen LogP contribution in [0, 0.1) is 17.3 Å². The van der Waals surface area contributed by atoms with Gasteiger partial charge in [0.05, 0.1) is 7.11 Å². The fraction of sp³-hybridized carbons (Fsp3) is 0.667. The highest BCUT2D eigenvalue weighted by Gasteiger charge is 2.69. The third kappa shape index (κ3) is 10.1. The van der Waals surface area contributed by atoms with E-state index in [9.17, 15) is 29.1 Å². The quantitative estimate of drug-likeness (QED) is 0.127. The number of piperidine rings is 1. The normalized spacial score (nSPS) is 20.8. The van der Waals surface area contributed by atoms with E-state index in [1.807, 2.05) is 44.2 Å². The van der Waals surface area contributed by atoms with Crippen molar-refractivity contribution >= 4 is 30.0 Å². The minimum absolute atomic E-state index is 0.0801. The Bertz CT molecular complexity index is 1220. The number of nitrogens with zero attached hydrogens (tertiary/aromatic N) is 1. The number of carbonyl (C=O) groups is 5. The molecule has 256 valence electrons. The van der Waals surface area contributed by atoms with E-state index in [0.29, 0.717) is 25.9 Å². The van der Waals surface area contributed by atoms with Gasteiger partial charge in [0.2, 0.25) is 11.8 Å². The van der Waals surface area contributed by atoms with Crippen molar-refractivity contribution in [3.8, 4) is 0 Å². The van der Waals surface area contributed by atoms with Gasteiger partial charge in [-0.2, -0.15) is 0 Å². The molecule has 2 fully saturated rings. The van der Waals surface area contributed by atoms with Crippen molar-refractivity contribution in [2.24, 2.45) is 17.3 Å². The largest absolute Gasteiger partial charge is 0.467 e. The van der Waals surface area contributed by atoms with E-state index in [1.54, 1.807) is 20.8 Å². The van der Waals surface area contributed by atoms with Gasteiger partial charge in [0, 0.05) is 19.7 Å². The molecule has 1 aliphatic heterocycles. The maximum atomic E-state index is 13.8. The van der Waals surface area contributed by atoms with Crippen molar-refractivity contribution in [3.05, 3.63) is 35.9 Å². The SMILES string of the molecule is COC(=O)C(CCCCNC(=O)OCc1ccccc1)NC(=O)[C@@H]1[C@@H]2[C@H](CN1C(=O)[C@H](CCCO)NC(=O)OC(C)(C)C)C2(C)C. The van der Waals surface area contributed by atoms with Crippen LogP contribution in [-0.4, -0.2) is 90.5 Å². The molecule has 1 saturated heterocycles. The number of likely N-dealkylation sites (tertiary alicyclic amines) is 1. The molecule has 5 atom stereocenters. The van der Waals surface area contributed by atoms with Crippen LogP contribution in [0.2, 0.25) is 0 Å². The van der Waals surface area contributed by atoms with Crippen LogP contribution in [0.4, 0.5) is 9.59 Å². The molecule has 0 aromatic heterocycles. The van der Waals surface area contributed by atoms with Crippen LogP contribution in [0.5, 0.6) is 0 Å². The van der Waals surface area contributed by atoms with Crippen molar-refractivity contribution in [1.82, 2.24) is 20.9 Å². The minimum Gasteiger partial charge on any atom is -0.467 e. The number of carbonyl (C=O) groups excluding carboxylic acids is 5. The lowest BCUT2D eigenvalue weighted by molar-refractivity contribution is -0.147. The molecule has 3 rings (SSSR count).